The second-order valence-corrected chi connectivity index (χ2v) is 14.2. The van der Waals surface area contributed by atoms with Crippen LogP contribution in [0.5, 0.6) is 0 Å². The zero-order valence-electron chi connectivity index (χ0n) is 30.3. The third-order valence-electron chi connectivity index (χ3n) is 10.8. The number of anilines is 3. The lowest BCUT2D eigenvalue weighted by molar-refractivity contribution is 1.28. The fourth-order valence-corrected chi connectivity index (χ4v) is 7.93. The smallest absolute Gasteiger partial charge is 0.0462 e. The number of hydrogen-bond donors (Lipinski definition) is 0. The molecule has 0 heterocycles. The first-order valence-corrected chi connectivity index (χ1v) is 18.9. The van der Waals surface area contributed by atoms with Crippen molar-refractivity contribution in [2.24, 2.45) is 0 Å². The van der Waals surface area contributed by atoms with Gasteiger partial charge in [-0.2, -0.15) is 0 Å². The Morgan fingerprint density at radius 2 is 0.600 bits per heavy atom. The summed E-state index contributed by atoms with van der Waals surface area (Å²) in [5.41, 5.74) is 13.0. The molecule has 0 fully saturated rings. The van der Waals surface area contributed by atoms with Gasteiger partial charge in [-0.25, -0.2) is 0 Å². The van der Waals surface area contributed by atoms with E-state index in [-0.39, 0.29) is 0 Å². The van der Waals surface area contributed by atoms with Crippen LogP contribution >= 0.6 is 0 Å². The fraction of sp³-hybridized carbons (Fsp3) is 0. The first-order chi connectivity index (χ1) is 27.2. The van der Waals surface area contributed by atoms with Crippen LogP contribution < -0.4 is 4.90 Å². The molecule has 0 unspecified atom stereocenters. The second kappa shape index (κ2) is 14.0. The van der Waals surface area contributed by atoms with Crippen LogP contribution in [0.1, 0.15) is 0 Å². The van der Waals surface area contributed by atoms with Gasteiger partial charge in [0.25, 0.3) is 0 Å². The van der Waals surface area contributed by atoms with Crippen molar-refractivity contribution in [2.45, 2.75) is 0 Å². The minimum Gasteiger partial charge on any atom is -0.311 e. The van der Waals surface area contributed by atoms with Gasteiger partial charge in [0.2, 0.25) is 0 Å². The molecule has 10 rings (SSSR count). The molecule has 258 valence electrons. The third-order valence-corrected chi connectivity index (χ3v) is 10.8. The molecule has 0 radical (unpaired) electrons. The number of fused-ring (bicyclic) bond motifs is 3. The maximum atomic E-state index is 2.36. The lowest BCUT2D eigenvalue weighted by atomic mass is 9.93. The SMILES string of the molecule is c1ccc(-c2cc(-c3ccc(N(c4ccc(-c5ccc6ccccc6c5)cc4)c4ccc(-c5ccc6ccccc6c5)cc4)cc3)c3ccccc3c2)cc1. The maximum absolute atomic E-state index is 2.36. The predicted molar refractivity (Wildman–Crippen MR) is 235 cm³/mol. The molecule has 0 aliphatic heterocycles. The molecule has 0 aliphatic rings. The largest absolute Gasteiger partial charge is 0.311 e. The summed E-state index contributed by atoms with van der Waals surface area (Å²) in [7, 11) is 0. The molecular formula is C54H37N. The highest BCUT2D eigenvalue weighted by molar-refractivity contribution is 6.00. The minimum atomic E-state index is 1.10. The fourth-order valence-electron chi connectivity index (χ4n) is 7.93. The molecule has 0 bridgehead atoms. The van der Waals surface area contributed by atoms with Gasteiger partial charge in [-0.3, -0.25) is 0 Å². The first-order valence-electron chi connectivity index (χ1n) is 18.9. The molecular weight excluding hydrogens is 663 g/mol. The van der Waals surface area contributed by atoms with E-state index in [2.05, 4.69) is 229 Å². The predicted octanol–water partition coefficient (Wildman–Crippen LogP) is 15.3. The van der Waals surface area contributed by atoms with Crippen molar-refractivity contribution in [3.05, 3.63) is 224 Å². The van der Waals surface area contributed by atoms with E-state index in [4.69, 9.17) is 0 Å². The van der Waals surface area contributed by atoms with Crippen molar-refractivity contribution in [3.8, 4) is 44.5 Å². The average Bonchev–Trinajstić information content (AvgIpc) is 3.27. The van der Waals surface area contributed by atoms with Crippen LogP contribution in [0, 0.1) is 0 Å². The normalized spacial score (nSPS) is 11.3. The standard InChI is InChI=1S/C54H37N/c1-2-10-38(11-3-1)49-36-48-16-8-9-17-53(48)54(37-49)43-26-32-52(33-27-43)55(50-28-22-41(23-29-50)46-20-18-39-12-4-6-14-44(39)34-46)51-30-24-42(25-31-51)47-21-19-40-13-5-7-15-45(40)35-47/h1-37H. The van der Waals surface area contributed by atoms with Gasteiger partial charge in [0.15, 0.2) is 0 Å². The van der Waals surface area contributed by atoms with Crippen LogP contribution in [-0.4, -0.2) is 0 Å². The van der Waals surface area contributed by atoms with Crippen LogP contribution in [-0.2, 0) is 0 Å². The van der Waals surface area contributed by atoms with Gasteiger partial charge in [0, 0.05) is 17.1 Å². The summed E-state index contributed by atoms with van der Waals surface area (Å²) < 4.78 is 0. The molecule has 0 aliphatic carbocycles. The summed E-state index contributed by atoms with van der Waals surface area (Å²) in [5.74, 6) is 0. The summed E-state index contributed by atoms with van der Waals surface area (Å²) >= 11 is 0. The van der Waals surface area contributed by atoms with Crippen LogP contribution in [0.2, 0.25) is 0 Å². The van der Waals surface area contributed by atoms with Gasteiger partial charge < -0.3 is 4.90 Å². The van der Waals surface area contributed by atoms with Crippen LogP contribution in [0.25, 0.3) is 76.8 Å². The van der Waals surface area contributed by atoms with E-state index in [1.165, 1.54) is 76.8 Å². The molecule has 1 nitrogen and oxygen atoms in total. The van der Waals surface area contributed by atoms with Gasteiger partial charge in [-0.15, -0.1) is 0 Å². The monoisotopic (exact) mass is 699 g/mol. The Bertz CT molecular complexity index is 2820. The zero-order chi connectivity index (χ0) is 36.6. The van der Waals surface area contributed by atoms with E-state index in [0.717, 1.165) is 17.1 Å². The van der Waals surface area contributed by atoms with Gasteiger partial charge in [0.05, 0.1) is 0 Å². The zero-order valence-corrected chi connectivity index (χ0v) is 30.3. The van der Waals surface area contributed by atoms with Crippen molar-refractivity contribution < 1.29 is 0 Å². The Morgan fingerprint density at radius 3 is 1.13 bits per heavy atom. The molecule has 0 N–H and O–H groups in total. The van der Waals surface area contributed by atoms with Gasteiger partial charge in [-0.05, 0) is 137 Å². The second-order valence-electron chi connectivity index (χ2n) is 14.2. The minimum absolute atomic E-state index is 1.10. The Hall–Kier alpha value is -7.22. The third kappa shape index (κ3) is 6.33. The summed E-state index contributed by atoms with van der Waals surface area (Å²) in [6.07, 6.45) is 0. The Morgan fingerprint density at radius 1 is 0.218 bits per heavy atom. The molecule has 0 atom stereocenters. The summed E-state index contributed by atoms with van der Waals surface area (Å²) in [4.78, 5) is 2.36. The number of benzene rings is 10. The van der Waals surface area contributed by atoms with Crippen molar-refractivity contribution in [3.63, 3.8) is 0 Å². The Kier molecular flexibility index (Phi) is 8.24. The molecule has 10 aromatic carbocycles. The molecule has 0 aromatic heterocycles. The van der Waals surface area contributed by atoms with Gasteiger partial charge in [-0.1, -0.05) is 164 Å². The van der Waals surface area contributed by atoms with Crippen LogP contribution in [0.15, 0.2) is 224 Å². The number of rotatable bonds is 7. The van der Waals surface area contributed by atoms with Crippen molar-refractivity contribution in [1.82, 2.24) is 0 Å². The van der Waals surface area contributed by atoms with Crippen molar-refractivity contribution >= 4 is 49.4 Å². The molecule has 0 saturated heterocycles. The molecule has 0 amide bonds. The number of hydrogen-bond acceptors (Lipinski definition) is 1. The topological polar surface area (TPSA) is 3.24 Å². The van der Waals surface area contributed by atoms with E-state index in [9.17, 15) is 0 Å². The van der Waals surface area contributed by atoms with Gasteiger partial charge in [0.1, 0.15) is 0 Å². The quantitative estimate of drug-likeness (QED) is 0.160. The maximum Gasteiger partial charge on any atom is 0.0462 e. The summed E-state index contributed by atoms with van der Waals surface area (Å²) in [6, 6.07) is 81.5. The molecule has 10 aromatic rings. The van der Waals surface area contributed by atoms with Crippen LogP contribution in [0.4, 0.5) is 17.1 Å². The van der Waals surface area contributed by atoms with Gasteiger partial charge >= 0.3 is 0 Å². The Labute approximate surface area is 322 Å². The van der Waals surface area contributed by atoms with E-state index < -0.39 is 0 Å². The highest BCUT2D eigenvalue weighted by Gasteiger charge is 2.15. The van der Waals surface area contributed by atoms with E-state index in [1.807, 2.05) is 0 Å². The average molecular weight is 700 g/mol. The van der Waals surface area contributed by atoms with Crippen LogP contribution in [0.3, 0.4) is 0 Å². The molecule has 55 heavy (non-hydrogen) atoms. The Balaban J connectivity index is 1.04. The van der Waals surface area contributed by atoms with Crippen molar-refractivity contribution in [2.75, 3.05) is 4.90 Å². The van der Waals surface area contributed by atoms with E-state index in [1.54, 1.807) is 0 Å². The highest BCUT2D eigenvalue weighted by Crippen LogP contribution is 2.40. The van der Waals surface area contributed by atoms with E-state index in [0.29, 0.717) is 0 Å². The molecule has 0 saturated carbocycles. The number of nitrogens with zero attached hydrogens (tertiary/aromatic N) is 1. The highest BCUT2D eigenvalue weighted by atomic mass is 15.1. The summed E-state index contributed by atoms with van der Waals surface area (Å²) in [5, 5.41) is 7.50. The van der Waals surface area contributed by atoms with Crippen molar-refractivity contribution in [1.29, 1.82) is 0 Å². The lowest BCUT2D eigenvalue weighted by Crippen LogP contribution is -2.09. The molecule has 1 heteroatoms. The first kappa shape index (κ1) is 32.4. The lowest BCUT2D eigenvalue weighted by Gasteiger charge is -2.26. The summed E-state index contributed by atoms with van der Waals surface area (Å²) in [6.45, 7) is 0. The van der Waals surface area contributed by atoms with E-state index >= 15 is 0 Å². The molecule has 0 spiro atoms.